The van der Waals surface area contributed by atoms with Gasteiger partial charge in [0.1, 0.15) is 12.2 Å². The predicted molar refractivity (Wildman–Crippen MR) is 190 cm³/mol. The highest BCUT2D eigenvalue weighted by atomic mass is 16.5. The minimum absolute atomic E-state index is 0.0742. The van der Waals surface area contributed by atoms with Crippen molar-refractivity contribution in [3.05, 3.63) is 12.2 Å². The van der Waals surface area contributed by atoms with Gasteiger partial charge in [-0.15, -0.1) is 0 Å². The van der Waals surface area contributed by atoms with E-state index in [-0.39, 0.29) is 12.2 Å². The summed E-state index contributed by atoms with van der Waals surface area (Å²) in [5.41, 5.74) is 0. The lowest BCUT2D eigenvalue weighted by Gasteiger charge is -2.16. The summed E-state index contributed by atoms with van der Waals surface area (Å²) in [6.45, 7) is 8.66. The average Bonchev–Trinajstić information content (AvgIpc) is 3.03. The molecule has 0 aliphatic carbocycles. The van der Waals surface area contributed by atoms with Gasteiger partial charge in [0, 0.05) is 12.2 Å². The number of hydrogen-bond donors (Lipinski definition) is 0. The zero-order valence-corrected chi connectivity index (χ0v) is 30.2. The van der Waals surface area contributed by atoms with E-state index in [2.05, 4.69) is 27.7 Å². The van der Waals surface area contributed by atoms with Crippen molar-refractivity contribution in [1.82, 2.24) is 0 Å². The normalized spacial score (nSPS) is 12.9. The Morgan fingerprint density at radius 3 is 0.841 bits per heavy atom. The molecule has 44 heavy (non-hydrogen) atoms. The van der Waals surface area contributed by atoms with Crippen LogP contribution in [0.5, 0.6) is 0 Å². The summed E-state index contributed by atoms with van der Waals surface area (Å²) in [6, 6.07) is 0. The number of unbranched alkanes of at least 4 members (excludes halogenated alkanes) is 24. The summed E-state index contributed by atoms with van der Waals surface area (Å²) < 4.78 is 11.2. The lowest BCUT2D eigenvalue weighted by Crippen LogP contribution is -2.18. The van der Waals surface area contributed by atoms with Gasteiger partial charge in [-0.25, -0.2) is 9.59 Å². The molecule has 260 valence electrons. The fourth-order valence-electron chi connectivity index (χ4n) is 6.02. The molecule has 0 aliphatic rings. The van der Waals surface area contributed by atoms with E-state index in [0.29, 0.717) is 0 Å². The molecule has 4 nitrogen and oxygen atoms in total. The molecule has 2 atom stereocenters. The van der Waals surface area contributed by atoms with E-state index in [1.54, 1.807) is 0 Å². The van der Waals surface area contributed by atoms with Crippen LogP contribution in [-0.4, -0.2) is 24.1 Å². The molecular formula is C40H76O4. The first-order chi connectivity index (χ1) is 21.6. The van der Waals surface area contributed by atoms with E-state index in [1.165, 1.54) is 166 Å². The fraction of sp³-hybridized carbons (Fsp3) is 0.900. The van der Waals surface area contributed by atoms with E-state index < -0.39 is 11.9 Å². The van der Waals surface area contributed by atoms with Crippen LogP contribution >= 0.6 is 0 Å². The van der Waals surface area contributed by atoms with Crippen LogP contribution in [0.1, 0.15) is 220 Å². The minimum atomic E-state index is -0.437. The maximum atomic E-state index is 12.3. The number of ether oxygens (including phenoxy) is 2. The van der Waals surface area contributed by atoms with Gasteiger partial charge in [0.25, 0.3) is 0 Å². The first-order valence-electron chi connectivity index (χ1n) is 19.7. The molecule has 0 bridgehead atoms. The van der Waals surface area contributed by atoms with Crippen molar-refractivity contribution in [2.75, 3.05) is 0 Å². The van der Waals surface area contributed by atoms with E-state index in [1.807, 2.05) is 0 Å². The SMILES string of the molecule is CCCCCCCCCCCCCCCC(CC)OC(=O)/C=C/C(=O)OC(CC)CCCCCCCCCCCCCCC. The quantitative estimate of drug-likeness (QED) is 0.0408. The van der Waals surface area contributed by atoms with Gasteiger partial charge in [-0.1, -0.05) is 182 Å². The summed E-state index contributed by atoms with van der Waals surface area (Å²) in [7, 11) is 0. The number of esters is 2. The molecule has 0 radical (unpaired) electrons. The fourth-order valence-corrected chi connectivity index (χ4v) is 6.02. The average molecular weight is 621 g/mol. The highest BCUT2D eigenvalue weighted by Crippen LogP contribution is 2.17. The second-order valence-corrected chi connectivity index (χ2v) is 13.3. The zero-order valence-electron chi connectivity index (χ0n) is 30.2. The summed E-state index contributed by atoms with van der Waals surface area (Å²) in [5, 5.41) is 0. The van der Waals surface area contributed by atoms with Gasteiger partial charge in [0.2, 0.25) is 0 Å². The lowest BCUT2D eigenvalue weighted by molar-refractivity contribution is -0.146. The van der Waals surface area contributed by atoms with Gasteiger partial charge < -0.3 is 9.47 Å². The Labute approximate surface area is 275 Å². The van der Waals surface area contributed by atoms with Gasteiger partial charge >= 0.3 is 11.9 Å². The summed E-state index contributed by atoms with van der Waals surface area (Å²) in [4.78, 5) is 24.6. The molecule has 0 fully saturated rings. The highest BCUT2D eigenvalue weighted by Gasteiger charge is 2.13. The summed E-state index contributed by atoms with van der Waals surface area (Å²) in [5.74, 6) is -0.874. The van der Waals surface area contributed by atoms with E-state index in [9.17, 15) is 9.59 Å². The standard InChI is InChI=1S/C40H76O4/c1-5-9-11-13-15-17-19-21-23-25-27-29-31-33-37(7-3)43-39(41)35-36-40(42)44-38(8-4)34-32-30-28-26-24-22-20-18-16-14-12-10-6-2/h35-38H,5-34H2,1-4H3/b36-35+. The molecule has 4 heteroatoms. The number of carbonyl (C=O) groups is 2. The minimum Gasteiger partial charge on any atom is -0.459 e. The smallest absolute Gasteiger partial charge is 0.331 e. The van der Waals surface area contributed by atoms with Gasteiger partial charge in [-0.05, 0) is 38.5 Å². The number of hydrogen-bond acceptors (Lipinski definition) is 4. The second kappa shape index (κ2) is 34.6. The molecule has 0 saturated carbocycles. The Morgan fingerprint density at radius 2 is 0.614 bits per heavy atom. The van der Waals surface area contributed by atoms with Crippen LogP contribution in [0.15, 0.2) is 12.2 Å². The molecule has 0 N–H and O–H groups in total. The van der Waals surface area contributed by atoms with Crippen LogP contribution in [0.2, 0.25) is 0 Å². The van der Waals surface area contributed by atoms with Gasteiger partial charge in [-0.2, -0.15) is 0 Å². The first-order valence-corrected chi connectivity index (χ1v) is 19.7. The molecule has 0 saturated heterocycles. The van der Waals surface area contributed by atoms with E-state index in [4.69, 9.17) is 9.47 Å². The maximum Gasteiger partial charge on any atom is 0.331 e. The highest BCUT2D eigenvalue weighted by molar-refractivity contribution is 5.91. The van der Waals surface area contributed by atoms with Crippen molar-refractivity contribution in [1.29, 1.82) is 0 Å². The van der Waals surface area contributed by atoms with Crippen LogP contribution in [0, 0.1) is 0 Å². The Morgan fingerprint density at radius 1 is 0.386 bits per heavy atom. The largest absolute Gasteiger partial charge is 0.459 e. The Bertz CT molecular complexity index is 589. The topological polar surface area (TPSA) is 52.6 Å². The third-order valence-electron chi connectivity index (χ3n) is 9.09. The van der Waals surface area contributed by atoms with Crippen molar-refractivity contribution < 1.29 is 19.1 Å². The molecule has 2 unspecified atom stereocenters. The molecular weight excluding hydrogens is 544 g/mol. The maximum absolute atomic E-state index is 12.3. The van der Waals surface area contributed by atoms with Crippen molar-refractivity contribution in [3.8, 4) is 0 Å². The third kappa shape index (κ3) is 30.7. The van der Waals surface area contributed by atoms with Gasteiger partial charge in [-0.3, -0.25) is 0 Å². The molecule has 0 rings (SSSR count). The van der Waals surface area contributed by atoms with Crippen molar-refractivity contribution in [2.24, 2.45) is 0 Å². The molecule has 0 spiro atoms. The van der Waals surface area contributed by atoms with E-state index >= 15 is 0 Å². The van der Waals surface area contributed by atoms with Crippen LogP contribution in [0.4, 0.5) is 0 Å². The lowest BCUT2D eigenvalue weighted by atomic mass is 10.0. The molecule has 0 aromatic rings. The molecule has 0 heterocycles. The second-order valence-electron chi connectivity index (χ2n) is 13.3. The number of carbonyl (C=O) groups excluding carboxylic acids is 2. The zero-order chi connectivity index (χ0) is 32.4. The van der Waals surface area contributed by atoms with Gasteiger partial charge in [0.05, 0.1) is 0 Å². The molecule has 0 amide bonds. The predicted octanol–water partition coefficient (Wildman–Crippen LogP) is 13.1. The van der Waals surface area contributed by atoms with Crippen LogP contribution in [-0.2, 0) is 19.1 Å². The van der Waals surface area contributed by atoms with E-state index in [0.717, 1.165) is 38.5 Å². The number of rotatable bonds is 34. The summed E-state index contributed by atoms with van der Waals surface area (Å²) >= 11 is 0. The molecule has 0 aromatic heterocycles. The third-order valence-corrected chi connectivity index (χ3v) is 9.09. The Hall–Kier alpha value is -1.32. The van der Waals surface area contributed by atoms with Gasteiger partial charge in [0.15, 0.2) is 0 Å². The first kappa shape index (κ1) is 42.7. The molecule has 0 aromatic carbocycles. The van der Waals surface area contributed by atoms with Crippen molar-refractivity contribution in [3.63, 3.8) is 0 Å². The monoisotopic (exact) mass is 621 g/mol. The van der Waals surface area contributed by atoms with Crippen LogP contribution < -0.4 is 0 Å². The van der Waals surface area contributed by atoms with Crippen LogP contribution in [0.25, 0.3) is 0 Å². The van der Waals surface area contributed by atoms with Crippen molar-refractivity contribution >= 4 is 11.9 Å². The Kier molecular flexibility index (Phi) is 33.5. The van der Waals surface area contributed by atoms with Crippen molar-refractivity contribution in [2.45, 2.75) is 233 Å². The summed E-state index contributed by atoms with van der Waals surface area (Å²) in [6.07, 6.45) is 40.4. The molecule has 0 aliphatic heterocycles. The van der Waals surface area contributed by atoms with Crippen LogP contribution in [0.3, 0.4) is 0 Å². The Balaban J connectivity index is 3.82.